The number of pyridine rings is 1. The van der Waals surface area contributed by atoms with Gasteiger partial charge in [-0.05, 0) is 30.0 Å². The number of carbonyl (C=O) groups is 1. The minimum Gasteiger partial charge on any atom is -0.484 e. The Hall–Kier alpha value is -2.50. The van der Waals surface area contributed by atoms with Gasteiger partial charge in [-0.1, -0.05) is 26.8 Å². The number of alkyl halides is 1. The first kappa shape index (κ1) is 19.3. The third kappa shape index (κ3) is 4.43. The Morgan fingerprint density at radius 1 is 1.37 bits per heavy atom. The maximum Gasteiger partial charge on any atom is 0.224 e. The molecule has 2 unspecified atom stereocenters. The highest BCUT2D eigenvalue weighted by Gasteiger charge is 2.36. The topological polar surface area (TPSA) is 51.2 Å². The molecule has 3 rings (SSSR count). The maximum atomic E-state index is 14.7. The zero-order valence-electron chi connectivity index (χ0n) is 16.0. The van der Waals surface area contributed by atoms with Crippen molar-refractivity contribution in [2.75, 3.05) is 5.32 Å². The van der Waals surface area contributed by atoms with Gasteiger partial charge >= 0.3 is 0 Å². The van der Waals surface area contributed by atoms with Gasteiger partial charge in [0.05, 0.1) is 17.6 Å². The first-order valence-electron chi connectivity index (χ1n) is 8.99. The Bertz CT molecular complexity index is 862. The second-order valence-electron chi connectivity index (χ2n) is 8.15. The molecule has 1 aromatic heterocycles. The lowest BCUT2D eigenvalue weighted by Gasteiger charge is -2.19. The normalized spacial score (nSPS) is 18.9. The van der Waals surface area contributed by atoms with Crippen LogP contribution in [0.15, 0.2) is 30.5 Å². The number of rotatable bonds is 4. The lowest BCUT2D eigenvalue weighted by atomic mass is 9.92. The number of fused-ring (bicyclic) bond motifs is 1. The van der Waals surface area contributed by atoms with Crippen LogP contribution >= 0.6 is 0 Å². The van der Waals surface area contributed by atoms with Gasteiger partial charge in [0.15, 0.2) is 0 Å². The lowest BCUT2D eigenvalue weighted by molar-refractivity contribution is -0.117. The van der Waals surface area contributed by atoms with Gasteiger partial charge in [-0.15, -0.1) is 0 Å². The molecule has 1 aliphatic carbocycles. The van der Waals surface area contributed by atoms with Crippen LogP contribution in [-0.4, -0.2) is 10.9 Å². The smallest absolute Gasteiger partial charge is 0.224 e. The van der Waals surface area contributed by atoms with Crippen LogP contribution in [0.4, 0.5) is 14.5 Å². The standard InChI is InChI=1S/C21H24F2N2O2/c1-12-16(25-18(26)10-21(2,3)4)11-24-20-17(9-15(23)19(12)20)27-14-7-5-6-13(22)8-14/h5-8,11,15,17H,9-10H2,1-4H3,(H,25,26). The van der Waals surface area contributed by atoms with Crippen molar-refractivity contribution in [1.29, 1.82) is 0 Å². The van der Waals surface area contributed by atoms with Gasteiger partial charge in [0.2, 0.25) is 5.91 Å². The van der Waals surface area contributed by atoms with Gasteiger partial charge in [-0.25, -0.2) is 8.78 Å². The molecule has 0 fully saturated rings. The van der Waals surface area contributed by atoms with E-state index in [0.29, 0.717) is 34.7 Å². The van der Waals surface area contributed by atoms with E-state index in [1.54, 1.807) is 19.1 Å². The second kappa shape index (κ2) is 7.25. The summed E-state index contributed by atoms with van der Waals surface area (Å²) < 4.78 is 33.8. The van der Waals surface area contributed by atoms with Crippen molar-refractivity contribution >= 4 is 11.6 Å². The largest absolute Gasteiger partial charge is 0.484 e. The van der Waals surface area contributed by atoms with E-state index >= 15 is 0 Å². The second-order valence-corrected chi connectivity index (χ2v) is 8.15. The fraction of sp³-hybridized carbons (Fsp3) is 0.429. The van der Waals surface area contributed by atoms with E-state index in [4.69, 9.17) is 4.74 Å². The fourth-order valence-electron chi connectivity index (χ4n) is 3.32. The average Bonchev–Trinajstić information content (AvgIpc) is 2.85. The number of nitrogens with one attached hydrogen (secondary N) is 1. The predicted octanol–water partition coefficient (Wildman–Crippen LogP) is 5.44. The minimum absolute atomic E-state index is 0.110. The predicted molar refractivity (Wildman–Crippen MR) is 99.9 cm³/mol. The van der Waals surface area contributed by atoms with E-state index in [0.717, 1.165) is 0 Å². The first-order chi connectivity index (χ1) is 12.6. The average molecular weight is 374 g/mol. The van der Waals surface area contributed by atoms with E-state index in [1.165, 1.54) is 18.3 Å². The van der Waals surface area contributed by atoms with Gasteiger partial charge in [0, 0.05) is 24.5 Å². The Kier molecular flexibility index (Phi) is 5.18. The number of anilines is 1. The van der Waals surface area contributed by atoms with Crippen molar-refractivity contribution < 1.29 is 18.3 Å². The zero-order chi connectivity index (χ0) is 19.8. The van der Waals surface area contributed by atoms with Gasteiger partial charge in [0.1, 0.15) is 23.8 Å². The van der Waals surface area contributed by atoms with Crippen molar-refractivity contribution in [2.24, 2.45) is 5.41 Å². The highest BCUT2D eigenvalue weighted by Crippen LogP contribution is 2.45. The quantitative estimate of drug-likeness (QED) is 0.775. The minimum atomic E-state index is -1.24. The summed E-state index contributed by atoms with van der Waals surface area (Å²) in [6.45, 7) is 7.70. The van der Waals surface area contributed by atoms with Gasteiger partial charge in [0.25, 0.3) is 0 Å². The summed E-state index contributed by atoms with van der Waals surface area (Å²) in [6, 6.07) is 5.75. The van der Waals surface area contributed by atoms with E-state index in [2.05, 4.69) is 10.3 Å². The van der Waals surface area contributed by atoms with Gasteiger partial charge in [-0.3, -0.25) is 9.78 Å². The SMILES string of the molecule is Cc1c(NC(=O)CC(C)(C)C)cnc2c1C(F)CC2Oc1cccc(F)c1. The Morgan fingerprint density at radius 2 is 2.11 bits per heavy atom. The molecule has 1 N–H and O–H groups in total. The van der Waals surface area contributed by atoms with Crippen LogP contribution in [0.3, 0.4) is 0 Å². The number of nitrogens with zero attached hydrogens (tertiary/aromatic N) is 1. The summed E-state index contributed by atoms with van der Waals surface area (Å²) in [5.74, 6) is -0.209. The molecule has 1 aromatic carbocycles. The van der Waals surface area contributed by atoms with Crippen LogP contribution in [0.25, 0.3) is 0 Å². The molecule has 1 amide bonds. The van der Waals surface area contributed by atoms with Crippen LogP contribution in [0, 0.1) is 18.2 Å². The molecule has 4 nitrogen and oxygen atoms in total. The summed E-state index contributed by atoms with van der Waals surface area (Å²) in [5.41, 5.74) is 1.97. The molecule has 27 heavy (non-hydrogen) atoms. The number of carbonyl (C=O) groups excluding carboxylic acids is 1. The van der Waals surface area contributed by atoms with E-state index in [9.17, 15) is 13.6 Å². The van der Waals surface area contributed by atoms with E-state index < -0.39 is 18.1 Å². The molecule has 144 valence electrons. The Morgan fingerprint density at radius 3 is 2.78 bits per heavy atom. The fourth-order valence-corrected chi connectivity index (χ4v) is 3.32. The third-order valence-corrected chi connectivity index (χ3v) is 4.50. The van der Waals surface area contributed by atoms with Crippen molar-refractivity contribution in [1.82, 2.24) is 4.98 Å². The molecule has 0 spiro atoms. The van der Waals surface area contributed by atoms with Crippen molar-refractivity contribution in [3.05, 3.63) is 53.1 Å². The molecule has 2 atom stereocenters. The molecule has 1 aliphatic rings. The molecule has 2 aromatic rings. The van der Waals surface area contributed by atoms with Crippen molar-refractivity contribution in [3.63, 3.8) is 0 Å². The molecular formula is C21H24F2N2O2. The highest BCUT2D eigenvalue weighted by atomic mass is 19.1. The van der Waals surface area contributed by atoms with Gasteiger partial charge < -0.3 is 10.1 Å². The maximum absolute atomic E-state index is 14.7. The number of halogens is 2. The number of hydrogen-bond donors (Lipinski definition) is 1. The molecular weight excluding hydrogens is 350 g/mol. The zero-order valence-corrected chi connectivity index (χ0v) is 16.0. The molecule has 6 heteroatoms. The molecule has 0 bridgehead atoms. The molecule has 0 aliphatic heterocycles. The van der Waals surface area contributed by atoms with Crippen LogP contribution in [0.5, 0.6) is 5.75 Å². The summed E-state index contributed by atoms with van der Waals surface area (Å²) in [4.78, 5) is 16.6. The monoisotopic (exact) mass is 374 g/mol. The highest BCUT2D eigenvalue weighted by molar-refractivity contribution is 5.92. The number of ether oxygens (including phenoxy) is 1. The first-order valence-corrected chi connectivity index (χ1v) is 8.99. The van der Waals surface area contributed by atoms with Crippen LogP contribution in [-0.2, 0) is 4.79 Å². The summed E-state index contributed by atoms with van der Waals surface area (Å²) >= 11 is 0. The molecule has 0 saturated heterocycles. The van der Waals surface area contributed by atoms with Crippen LogP contribution in [0.2, 0.25) is 0 Å². The number of hydrogen-bond acceptors (Lipinski definition) is 3. The summed E-state index contributed by atoms with van der Waals surface area (Å²) in [6.07, 6.45) is 0.169. The molecule has 0 saturated carbocycles. The number of amides is 1. The number of benzene rings is 1. The van der Waals surface area contributed by atoms with Crippen LogP contribution < -0.4 is 10.1 Å². The summed E-state index contributed by atoms with van der Waals surface area (Å²) in [7, 11) is 0. The Balaban J connectivity index is 1.82. The third-order valence-electron chi connectivity index (χ3n) is 4.50. The van der Waals surface area contributed by atoms with E-state index in [1.807, 2.05) is 20.8 Å². The van der Waals surface area contributed by atoms with Gasteiger partial charge in [-0.2, -0.15) is 0 Å². The van der Waals surface area contributed by atoms with Crippen LogP contribution in [0.1, 0.15) is 62.7 Å². The Labute approximate surface area is 158 Å². The van der Waals surface area contributed by atoms with Crippen molar-refractivity contribution in [3.8, 4) is 5.75 Å². The van der Waals surface area contributed by atoms with E-state index in [-0.39, 0.29) is 17.7 Å². The van der Waals surface area contributed by atoms with Crippen molar-refractivity contribution in [2.45, 2.75) is 52.8 Å². The molecule has 1 heterocycles. The summed E-state index contributed by atoms with van der Waals surface area (Å²) in [5, 5.41) is 2.83. The molecule has 0 radical (unpaired) electrons. The lowest BCUT2D eigenvalue weighted by Crippen LogP contribution is -2.20. The number of aromatic nitrogens is 1.